The highest BCUT2D eigenvalue weighted by atomic mass is 16.5. The van der Waals surface area contributed by atoms with E-state index < -0.39 is 0 Å². The van der Waals surface area contributed by atoms with Crippen molar-refractivity contribution in [2.75, 3.05) is 13.7 Å². The summed E-state index contributed by atoms with van der Waals surface area (Å²) in [6, 6.07) is 9.82. The van der Waals surface area contributed by atoms with E-state index in [0.717, 1.165) is 35.7 Å². The number of methoxy groups -OCH3 is 1. The van der Waals surface area contributed by atoms with E-state index >= 15 is 0 Å². The molecule has 1 aromatic carbocycles. The van der Waals surface area contributed by atoms with E-state index in [1.54, 1.807) is 7.11 Å². The maximum Gasteiger partial charge on any atom is 0.136 e. The lowest BCUT2D eigenvalue weighted by Crippen LogP contribution is -2.43. The predicted molar refractivity (Wildman–Crippen MR) is 78.6 cm³/mol. The average molecular weight is 269 g/mol. The van der Waals surface area contributed by atoms with Gasteiger partial charge >= 0.3 is 0 Å². The van der Waals surface area contributed by atoms with Crippen molar-refractivity contribution < 1.29 is 4.74 Å². The first-order chi connectivity index (χ1) is 9.79. The Hall–Kier alpha value is -1.94. The Bertz CT molecular complexity index is 603. The first-order valence-corrected chi connectivity index (χ1v) is 6.96. The van der Waals surface area contributed by atoms with Gasteiger partial charge in [0, 0.05) is 23.7 Å². The molecule has 0 saturated heterocycles. The molecule has 0 spiro atoms. The van der Waals surface area contributed by atoms with Crippen LogP contribution in [0.5, 0.6) is 5.75 Å². The Balaban J connectivity index is 2.03. The fourth-order valence-electron chi connectivity index (χ4n) is 2.74. The van der Waals surface area contributed by atoms with Gasteiger partial charge in [-0.25, -0.2) is 9.97 Å². The molecule has 0 unspecified atom stereocenters. The van der Waals surface area contributed by atoms with Gasteiger partial charge in [0.2, 0.25) is 0 Å². The number of ether oxygens (including phenoxy) is 1. The quantitative estimate of drug-likeness (QED) is 0.926. The monoisotopic (exact) mass is 269 g/mol. The zero-order valence-electron chi connectivity index (χ0n) is 11.7. The lowest BCUT2D eigenvalue weighted by Gasteiger charge is -2.39. The topological polar surface area (TPSA) is 61.0 Å². The first-order valence-electron chi connectivity index (χ1n) is 6.96. The van der Waals surface area contributed by atoms with E-state index in [4.69, 9.17) is 15.5 Å². The molecule has 104 valence electrons. The fraction of sp³-hybridized carbons (Fsp3) is 0.375. The van der Waals surface area contributed by atoms with Gasteiger partial charge in [0.15, 0.2) is 0 Å². The van der Waals surface area contributed by atoms with Gasteiger partial charge in [-0.15, -0.1) is 0 Å². The smallest absolute Gasteiger partial charge is 0.136 e. The van der Waals surface area contributed by atoms with Crippen molar-refractivity contribution in [3.63, 3.8) is 0 Å². The molecule has 4 heteroatoms. The molecular formula is C16H19N3O. The van der Waals surface area contributed by atoms with Crippen LogP contribution < -0.4 is 10.5 Å². The minimum atomic E-state index is -0.0158. The average Bonchev–Trinajstić information content (AvgIpc) is 2.47. The number of hydrogen-bond acceptors (Lipinski definition) is 4. The number of aromatic nitrogens is 2. The van der Waals surface area contributed by atoms with Crippen LogP contribution in [-0.4, -0.2) is 23.6 Å². The van der Waals surface area contributed by atoms with E-state index in [-0.39, 0.29) is 5.41 Å². The van der Waals surface area contributed by atoms with Crippen LogP contribution in [0.4, 0.5) is 0 Å². The Morgan fingerprint density at radius 1 is 1.25 bits per heavy atom. The third kappa shape index (κ3) is 2.06. The predicted octanol–water partition coefficient (Wildman–Crippen LogP) is 2.53. The Morgan fingerprint density at radius 2 is 2.05 bits per heavy atom. The van der Waals surface area contributed by atoms with Crippen molar-refractivity contribution in [2.45, 2.75) is 24.7 Å². The van der Waals surface area contributed by atoms with Crippen LogP contribution in [0.1, 0.15) is 25.1 Å². The molecule has 0 atom stereocenters. The van der Waals surface area contributed by atoms with E-state index in [0.29, 0.717) is 6.54 Å². The van der Waals surface area contributed by atoms with Crippen molar-refractivity contribution >= 4 is 0 Å². The van der Waals surface area contributed by atoms with Crippen LogP contribution in [-0.2, 0) is 5.41 Å². The molecule has 3 rings (SSSR count). The lowest BCUT2D eigenvalue weighted by atomic mass is 9.68. The molecule has 1 aliphatic rings. The molecule has 0 amide bonds. The molecule has 1 fully saturated rings. The second kappa shape index (κ2) is 5.21. The van der Waals surface area contributed by atoms with Crippen molar-refractivity contribution in [1.82, 2.24) is 9.97 Å². The molecule has 0 bridgehead atoms. The summed E-state index contributed by atoms with van der Waals surface area (Å²) in [6.07, 6.45) is 5.19. The van der Waals surface area contributed by atoms with Crippen molar-refractivity contribution in [1.29, 1.82) is 0 Å². The van der Waals surface area contributed by atoms with Crippen LogP contribution in [0.2, 0.25) is 0 Å². The maximum atomic E-state index is 5.94. The van der Waals surface area contributed by atoms with Gasteiger partial charge in [-0.1, -0.05) is 18.6 Å². The fourth-order valence-corrected chi connectivity index (χ4v) is 2.74. The minimum Gasteiger partial charge on any atom is -0.496 e. The summed E-state index contributed by atoms with van der Waals surface area (Å²) in [5.74, 6) is 1.70. The third-order valence-electron chi connectivity index (χ3n) is 4.21. The largest absolute Gasteiger partial charge is 0.496 e. The van der Waals surface area contributed by atoms with Crippen LogP contribution in [0.3, 0.4) is 0 Å². The summed E-state index contributed by atoms with van der Waals surface area (Å²) < 4.78 is 5.41. The molecular weight excluding hydrogens is 250 g/mol. The standard InChI is InChI=1S/C16H19N3O/c1-20-14-6-3-2-5-12(14)13-7-10-18-15(19-13)16(11-17)8-4-9-16/h2-3,5-7,10H,4,8-9,11,17H2,1H3. The Morgan fingerprint density at radius 3 is 2.70 bits per heavy atom. The third-order valence-corrected chi connectivity index (χ3v) is 4.21. The molecule has 0 aliphatic heterocycles. The zero-order chi connectivity index (χ0) is 14.0. The summed E-state index contributed by atoms with van der Waals surface area (Å²) in [5, 5.41) is 0. The SMILES string of the molecule is COc1ccccc1-c1ccnc(C2(CN)CCC2)n1. The minimum absolute atomic E-state index is 0.0158. The van der Waals surface area contributed by atoms with Crippen LogP contribution >= 0.6 is 0 Å². The first kappa shape index (κ1) is 13.1. The second-order valence-corrected chi connectivity index (χ2v) is 5.30. The maximum absolute atomic E-state index is 5.94. The van der Waals surface area contributed by atoms with Gasteiger partial charge in [-0.05, 0) is 31.0 Å². The molecule has 2 N–H and O–H groups in total. The van der Waals surface area contributed by atoms with E-state index in [9.17, 15) is 0 Å². The summed E-state index contributed by atoms with van der Waals surface area (Å²) in [7, 11) is 1.67. The summed E-state index contributed by atoms with van der Waals surface area (Å²) in [6.45, 7) is 0.613. The van der Waals surface area contributed by atoms with Gasteiger partial charge in [0.1, 0.15) is 11.6 Å². The highest BCUT2D eigenvalue weighted by molar-refractivity contribution is 5.66. The second-order valence-electron chi connectivity index (χ2n) is 5.30. The molecule has 1 aliphatic carbocycles. The van der Waals surface area contributed by atoms with Gasteiger partial charge in [0.25, 0.3) is 0 Å². The molecule has 2 aromatic rings. The van der Waals surface area contributed by atoms with Gasteiger partial charge < -0.3 is 10.5 Å². The number of nitrogens with two attached hydrogens (primary N) is 1. The van der Waals surface area contributed by atoms with E-state index in [2.05, 4.69) is 4.98 Å². The van der Waals surface area contributed by atoms with E-state index in [1.807, 2.05) is 36.5 Å². The van der Waals surface area contributed by atoms with Crippen molar-refractivity contribution in [3.8, 4) is 17.0 Å². The number of hydrogen-bond donors (Lipinski definition) is 1. The van der Waals surface area contributed by atoms with Crippen molar-refractivity contribution in [3.05, 3.63) is 42.4 Å². The molecule has 20 heavy (non-hydrogen) atoms. The number of benzene rings is 1. The van der Waals surface area contributed by atoms with Gasteiger partial charge in [0.05, 0.1) is 12.8 Å². The highest BCUT2D eigenvalue weighted by Crippen LogP contribution is 2.41. The number of para-hydroxylation sites is 1. The molecule has 4 nitrogen and oxygen atoms in total. The Kier molecular flexibility index (Phi) is 3.40. The summed E-state index contributed by atoms with van der Waals surface area (Å²) in [4.78, 5) is 9.20. The zero-order valence-corrected chi connectivity index (χ0v) is 11.7. The molecule has 1 heterocycles. The van der Waals surface area contributed by atoms with Crippen molar-refractivity contribution in [2.24, 2.45) is 5.73 Å². The normalized spacial score (nSPS) is 16.5. The van der Waals surface area contributed by atoms with Crippen LogP contribution in [0.25, 0.3) is 11.3 Å². The molecule has 1 aromatic heterocycles. The highest BCUT2D eigenvalue weighted by Gasteiger charge is 2.40. The molecule has 1 saturated carbocycles. The summed E-state index contributed by atoms with van der Waals surface area (Å²) in [5.41, 5.74) is 7.81. The number of rotatable bonds is 4. The van der Waals surface area contributed by atoms with Crippen LogP contribution in [0.15, 0.2) is 36.5 Å². The van der Waals surface area contributed by atoms with Gasteiger partial charge in [-0.3, -0.25) is 0 Å². The Labute approximate surface area is 119 Å². The number of nitrogens with zero attached hydrogens (tertiary/aromatic N) is 2. The van der Waals surface area contributed by atoms with Gasteiger partial charge in [-0.2, -0.15) is 0 Å². The molecule has 0 radical (unpaired) electrons. The van der Waals surface area contributed by atoms with E-state index in [1.165, 1.54) is 6.42 Å². The lowest BCUT2D eigenvalue weighted by molar-refractivity contribution is 0.238. The summed E-state index contributed by atoms with van der Waals surface area (Å²) >= 11 is 0. The van der Waals surface area contributed by atoms with Crippen LogP contribution in [0, 0.1) is 0 Å².